The number of hydrogen-bond acceptors (Lipinski definition) is 12. The summed E-state index contributed by atoms with van der Waals surface area (Å²) >= 11 is 3.43. The van der Waals surface area contributed by atoms with Gasteiger partial charge in [0.15, 0.2) is 5.78 Å². The number of fused-ring (bicyclic) bond motifs is 10. The number of rotatable bonds is 11. The first-order valence-electron chi connectivity index (χ1n) is 26.0. The molecule has 0 unspecified atom stereocenters. The van der Waals surface area contributed by atoms with Crippen molar-refractivity contribution in [1.29, 1.82) is 0 Å². The lowest BCUT2D eigenvalue weighted by Gasteiger charge is -2.62. The molecule has 10 rings (SSSR count). The number of Topliss-reactive ketones (excluding diaryl/α,β-unsaturated/α-hetero) is 2. The smallest absolute Gasteiger partial charge is 0.307 e. The molecule has 0 aromatic carbocycles. The normalized spacial score (nSPS) is 41.1. The zero-order valence-electron chi connectivity index (χ0n) is 41.9. The average Bonchev–Trinajstić information content (AvgIpc) is 4.13. The molecular weight excluding hydrogens is 985 g/mol. The summed E-state index contributed by atoms with van der Waals surface area (Å²) in [5.74, 6) is 5.82. The van der Waals surface area contributed by atoms with E-state index in [4.69, 9.17) is 9.47 Å². The van der Waals surface area contributed by atoms with E-state index in [2.05, 4.69) is 45.1 Å². The number of carbonyl (C=O) groups excluding carboxylic acids is 2. The van der Waals surface area contributed by atoms with Crippen molar-refractivity contribution in [2.75, 3.05) is 32.8 Å². The molecule has 72 heavy (non-hydrogen) atoms. The Morgan fingerprint density at radius 2 is 1.15 bits per heavy atom. The Balaban J connectivity index is 0.000000227. The number of ketones is 2. The van der Waals surface area contributed by atoms with Crippen LogP contribution < -0.4 is 0 Å². The van der Waals surface area contributed by atoms with E-state index >= 15 is 0 Å². The van der Waals surface area contributed by atoms with Crippen LogP contribution in [0.5, 0.6) is 0 Å². The van der Waals surface area contributed by atoms with E-state index in [0.29, 0.717) is 52.5 Å². The number of aromatic amines is 1. The van der Waals surface area contributed by atoms with Crippen LogP contribution in [0, 0.1) is 101 Å². The zero-order valence-corrected chi connectivity index (χ0v) is 43.5. The molecule has 0 amide bonds. The van der Waals surface area contributed by atoms with Gasteiger partial charge in [0.05, 0.1) is 45.8 Å². The Labute approximate surface area is 438 Å². The predicted molar refractivity (Wildman–Crippen MR) is 282 cm³/mol. The quantitative estimate of drug-likeness (QED) is 0.109. The van der Waals surface area contributed by atoms with Crippen LogP contribution in [-0.2, 0) is 25.6 Å². The molecule has 2 aromatic heterocycles. The van der Waals surface area contributed by atoms with E-state index in [-0.39, 0.29) is 79.5 Å². The largest absolute Gasteiger partial charge is 0.390 e. The molecule has 0 bridgehead atoms. The highest BCUT2D eigenvalue weighted by Gasteiger charge is 2.65. The van der Waals surface area contributed by atoms with Gasteiger partial charge in [-0.15, -0.1) is 0 Å². The maximum atomic E-state index is 13.4. The molecule has 16 nitrogen and oxygen atoms in total. The lowest BCUT2D eigenvalue weighted by atomic mass is 9.43. The molecule has 8 fully saturated rings. The van der Waals surface area contributed by atoms with Crippen molar-refractivity contribution in [3.8, 4) is 0 Å². The molecule has 16 atom stereocenters. The standard InChI is InChI=1S/C26H39N3O5.C23H37BrO3.C3H3N3O2.3CH4/c1-24(31)10-11-26(16-34-3)17(12-24)4-5-19-20-6-7-22(25(20,2)9-8-21(19)26)23(30)15-28-14-18(13-27-28)29(32)33;1-21(26)10-11-23(14-27-3)15(12-21)4-5-16-17-6-7-19(20(25)13-24)22(17,2)9-8-18(16)23;7-6(8)3-1-4-5-2-3;;;/h13-14,17,19-22,31H,4-12,15-16H2,1-3H3;15-19,26H,4-14H2,1-3H3;1-2H,(H,4,5);3*1H4/t17-,19-,20-,21-,22+,24+,25-,26+;15-,16-,17-,18-,19+,21+,22-,23+;;;;/m00..../s1. The van der Waals surface area contributed by atoms with Crippen LogP contribution in [0.3, 0.4) is 0 Å². The Hall–Kier alpha value is -3.12. The first-order valence-corrected chi connectivity index (χ1v) is 27.1. The monoisotopic (exact) mass is 1070 g/mol. The van der Waals surface area contributed by atoms with Gasteiger partial charge in [0.25, 0.3) is 0 Å². The highest BCUT2D eigenvalue weighted by Crippen LogP contribution is 2.70. The van der Waals surface area contributed by atoms with E-state index < -0.39 is 21.0 Å². The van der Waals surface area contributed by atoms with Crippen LogP contribution in [0.15, 0.2) is 24.8 Å². The second kappa shape index (κ2) is 23.0. The second-order valence-corrected chi connectivity index (χ2v) is 24.9. The summed E-state index contributed by atoms with van der Waals surface area (Å²) in [7, 11) is 3.67. The van der Waals surface area contributed by atoms with Crippen LogP contribution in [0.4, 0.5) is 11.4 Å². The van der Waals surface area contributed by atoms with E-state index in [1.54, 1.807) is 0 Å². The molecule has 0 radical (unpaired) electrons. The summed E-state index contributed by atoms with van der Waals surface area (Å²) < 4.78 is 13.1. The molecule has 8 aliphatic rings. The van der Waals surface area contributed by atoms with Crippen molar-refractivity contribution in [2.45, 2.75) is 183 Å². The molecule has 408 valence electrons. The summed E-state index contributed by atoms with van der Waals surface area (Å²) in [6.45, 7) is 10.5. The summed E-state index contributed by atoms with van der Waals surface area (Å²) in [6, 6.07) is 0. The van der Waals surface area contributed by atoms with Crippen molar-refractivity contribution >= 4 is 38.9 Å². The van der Waals surface area contributed by atoms with Gasteiger partial charge in [-0.1, -0.05) is 52.1 Å². The van der Waals surface area contributed by atoms with Gasteiger partial charge < -0.3 is 19.7 Å². The summed E-state index contributed by atoms with van der Waals surface area (Å²) in [5.41, 5.74) is -0.564. The van der Waals surface area contributed by atoms with Crippen molar-refractivity contribution in [3.05, 3.63) is 45.0 Å². The number of nitrogens with one attached hydrogen (secondary N) is 1. The molecule has 2 heterocycles. The van der Waals surface area contributed by atoms with Crippen LogP contribution in [0.2, 0.25) is 0 Å². The summed E-state index contributed by atoms with van der Waals surface area (Å²) in [6.07, 6.45) is 24.4. The van der Waals surface area contributed by atoms with E-state index in [0.717, 1.165) is 102 Å². The number of nitro groups is 2. The lowest BCUT2D eigenvalue weighted by molar-refractivity contribution is -0.385. The third-order valence-corrected chi connectivity index (χ3v) is 21.4. The number of halogens is 1. The number of alkyl halides is 1. The molecule has 17 heteroatoms. The van der Waals surface area contributed by atoms with Gasteiger partial charge in [-0.05, 0) is 198 Å². The highest BCUT2D eigenvalue weighted by atomic mass is 79.9. The molecule has 0 aliphatic heterocycles. The van der Waals surface area contributed by atoms with E-state index in [1.165, 1.54) is 61.8 Å². The minimum atomic E-state index is -0.565. The van der Waals surface area contributed by atoms with Gasteiger partial charge in [0.2, 0.25) is 0 Å². The first-order chi connectivity index (χ1) is 32.7. The lowest BCUT2D eigenvalue weighted by Crippen LogP contribution is -2.58. The molecule has 3 N–H and O–H groups in total. The fourth-order valence-electron chi connectivity index (χ4n) is 17.9. The van der Waals surface area contributed by atoms with E-state index in [1.807, 2.05) is 28.1 Å². The minimum Gasteiger partial charge on any atom is -0.390 e. The fourth-order valence-corrected chi connectivity index (χ4v) is 18.3. The third-order valence-electron chi connectivity index (χ3n) is 20.9. The topological polar surface area (TPSA) is 226 Å². The van der Waals surface area contributed by atoms with Gasteiger partial charge in [-0.2, -0.15) is 10.2 Å². The van der Waals surface area contributed by atoms with Crippen molar-refractivity contribution in [1.82, 2.24) is 20.0 Å². The number of H-pyrrole nitrogens is 1. The maximum Gasteiger partial charge on any atom is 0.307 e. The molecule has 0 spiro atoms. The first kappa shape index (κ1) is 59.8. The molecule has 8 aliphatic carbocycles. The predicted octanol–water partition coefficient (Wildman–Crippen LogP) is 11.6. The molecule has 8 saturated carbocycles. The highest BCUT2D eigenvalue weighted by molar-refractivity contribution is 9.09. The van der Waals surface area contributed by atoms with Crippen LogP contribution in [-0.4, -0.2) is 95.6 Å². The van der Waals surface area contributed by atoms with Gasteiger partial charge >= 0.3 is 11.4 Å². The van der Waals surface area contributed by atoms with Gasteiger partial charge in [0.1, 0.15) is 30.9 Å². The number of carbonyl (C=O) groups is 2. The SMILES string of the molecule is C.C.C.COC[C@]12CC[C@@](C)(O)C[C@@H]1CC[C@H]1[C@@H]3CC[C@H](C(=O)CBr)[C@@]3(C)CC[C@@H]12.COC[C@]12CC[C@@](C)(O)C[C@@H]1CC[C@H]1[C@@H]3CC[C@H](C(=O)Cn4cc([N+](=O)[O-])cn4)[C@@]3(C)CC[C@@H]12.O=[N+]([O-])c1cn[nH]c1. The molecular formula is C55H91BrN6O10. The number of aliphatic hydroxyl groups is 2. The Morgan fingerprint density at radius 3 is 1.54 bits per heavy atom. The van der Waals surface area contributed by atoms with Gasteiger partial charge in [-0.3, -0.25) is 39.6 Å². The Morgan fingerprint density at radius 1 is 0.681 bits per heavy atom. The summed E-state index contributed by atoms with van der Waals surface area (Å²) in [5, 5.41) is 52.6. The third kappa shape index (κ3) is 10.9. The van der Waals surface area contributed by atoms with Crippen LogP contribution in [0.25, 0.3) is 0 Å². The number of ether oxygens (including phenoxy) is 2. The molecule has 0 saturated heterocycles. The number of nitrogens with zero attached hydrogens (tertiary/aromatic N) is 5. The average molecular weight is 1080 g/mol. The fraction of sp³-hybridized carbons (Fsp3) is 0.855. The number of methoxy groups -OCH3 is 2. The van der Waals surface area contributed by atoms with Gasteiger partial charge in [-0.25, -0.2) is 0 Å². The van der Waals surface area contributed by atoms with Gasteiger partial charge in [0, 0.05) is 26.1 Å². The second-order valence-electron chi connectivity index (χ2n) is 24.3. The van der Waals surface area contributed by atoms with E-state index in [9.17, 15) is 40.0 Å². The number of hydrogen-bond donors (Lipinski definition) is 3. The van der Waals surface area contributed by atoms with Crippen molar-refractivity contribution in [2.24, 2.45) is 80.8 Å². The van der Waals surface area contributed by atoms with Crippen molar-refractivity contribution < 1.29 is 39.1 Å². The summed E-state index contributed by atoms with van der Waals surface area (Å²) in [4.78, 5) is 45.8. The molecule has 2 aromatic rings. The minimum absolute atomic E-state index is 0. The van der Waals surface area contributed by atoms with Crippen molar-refractivity contribution in [3.63, 3.8) is 0 Å². The van der Waals surface area contributed by atoms with Crippen LogP contribution >= 0.6 is 15.9 Å². The maximum absolute atomic E-state index is 13.4. The zero-order chi connectivity index (χ0) is 49.7. The Kier molecular flexibility index (Phi) is 19.1. The Bertz CT molecular complexity index is 2170. The van der Waals surface area contributed by atoms with Crippen LogP contribution in [0.1, 0.15) is 166 Å². The number of aromatic nitrogens is 4.